The molecule has 24 heavy (non-hydrogen) atoms. The fraction of sp³-hybridized carbons (Fsp3) is 0.591. The molecule has 1 aromatic carbocycles. The van der Waals surface area contributed by atoms with E-state index in [0.717, 1.165) is 18.9 Å². The number of likely N-dealkylation sites (tertiary alicyclic amines) is 1. The topological polar surface area (TPSA) is 20.3 Å². The van der Waals surface area contributed by atoms with Gasteiger partial charge in [-0.2, -0.15) is 0 Å². The van der Waals surface area contributed by atoms with Gasteiger partial charge >= 0.3 is 0 Å². The molecule has 0 aromatic heterocycles. The maximum Gasteiger partial charge on any atom is 0.130 e. The van der Waals surface area contributed by atoms with Crippen molar-refractivity contribution in [2.75, 3.05) is 0 Å². The Morgan fingerprint density at radius 3 is 2.58 bits per heavy atom. The van der Waals surface area contributed by atoms with Crippen molar-refractivity contribution in [2.24, 2.45) is 5.92 Å². The van der Waals surface area contributed by atoms with E-state index in [1.165, 1.54) is 49.7 Å². The second kappa shape index (κ2) is 8.11. The third-order valence-corrected chi connectivity index (χ3v) is 5.98. The summed E-state index contributed by atoms with van der Waals surface area (Å²) in [7, 11) is 0. The van der Waals surface area contributed by atoms with E-state index in [0.29, 0.717) is 18.5 Å². The maximum atomic E-state index is 11.4. The van der Waals surface area contributed by atoms with Crippen molar-refractivity contribution in [1.29, 1.82) is 0 Å². The average Bonchev–Trinajstić information content (AvgIpc) is 2.61. The van der Waals surface area contributed by atoms with Crippen molar-refractivity contribution in [3.63, 3.8) is 0 Å². The molecule has 0 spiro atoms. The van der Waals surface area contributed by atoms with Gasteiger partial charge in [-0.1, -0.05) is 55.3 Å². The minimum Gasteiger partial charge on any atom is -0.300 e. The second-order valence-electron chi connectivity index (χ2n) is 7.72. The number of carbonyl (C=O) groups is 1. The molecule has 3 atom stereocenters. The SMILES string of the molecule is C=C(CCC(C)=O)C1CC[C@H]2CCCC[C@H]2N1Cc1ccccc1. The molecule has 130 valence electrons. The predicted octanol–water partition coefficient (Wildman–Crippen LogP) is 5.14. The summed E-state index contributed by atoms with van der Waals surface area (Å²) in [5.74, 6) is 1.14. The lowest BCUT2D eigenvalue weighted by Gasteiger charge is -2.49. The minimum absolute atomic E-state index is 0.275. The number of nitrogens with zero attached hydrogens (tertiary/aromatic N) is 1. The van der Waals surface area contributed by atoms with Gasteiger partial charge in [0.2, 0.25) is 0 Å². The van der Waals surface area contributed by atoms with Gasteiger partial charge in [0.25, 0.3) is 0 Å². The zero-order valence-corrected chi connectivity index (χ0v) is 15.0. The lowest BCUT2D eigenvalue weighted by Crippen LogP contribution is -2.52. The first kappa shape index (κ1) is 17.4. The summed E-state index contributed by atoms with van der Waals surface area (Å²) in [6, 6.07) is 12.0. The van der Waals surface area contributed by atoms with Crippen molar-refractivity contribution < 1.29 is 4.79 Å². The molecule has 3 rings (SSSR count). The molecule has 1 saturated heterocycles. The van der Waals surface area contributed by atoms with E-state index in [1.807, 2.05) is 0 Å². The Labute approximate surface area is 146 Å². The highest BCUT2D eigenvalue weighted by Gasteiger charge is 2.38. The normalized spacial score (nSPS) is 27.5. The standard InChI is InChI=1S/C22H31NO/c1-17(12-13-18(2)24)21-15-14-20-10-6-7-11-22(20)23(21)16-19-8-4-3-5-9-19/h3-5,8-9,20-22H,1,6-7,10-16H2,2H3/t20-,21?,22-/m1/s1. The van der Waals surface area contributed by atoms with Gasteiger partial charge in [0.15, 0.2) is 0 Å². The minimum atomic E-state index is 0.275. The number of benzene rings is 1. The third kappa shape index (κ3) is 4.16. The molecule has 0 bridgehead atoms. The van der Waals surface area contributed by atoms with Gasteiger partial charge in [-0.3, -0.25) is 4.90 Å². The highest BCUT2D eigenvalue weighted by atomic mass is 16.1. The third-order valence-electron chi connectivity index (χ3n) is 5.98. The van der Waals surface area contributed by atoms with Crippen molar-refractivity contribution in [3.8, 4) is 0 Å². The lowest BCUT2D eigenvalue weighted by atomic mass is 9.74. The molecule has 0 N–H and O–H groups in total. The molecule has 1 aliphatic carbocycles. The molecule has 1 saturated carbocycles. The van der Waals surface area contributed by atoms with Crippen LogP contribution in [0.15, 0.2) is 42.5 Å². The molecule has 2 heteroatoms. The fourth-order valence-corrected chi connectivity index (χ4v) is 4.69. The highest BCUT2D eigenvalue weighted by molar-refractivity contribution is 5.75. The van der Waals surface area contributed by atoms with Gasteiger partial charge in [0.05, 0.1) is 0 Å². The fourth-order valence-electron chi connectivity index (χ4n) is 4.69. The van der Waals surface area contributed by atoms with Crippen molar-refractivity contribution in [2.45, 2.75) is 76.9 Å². The van der Waals surface area contributed by atoms with Crippen LogP contribution in [0.25, 0.3) is 0 Å². The first-order valence-electron chi connectivity index (χ1n) is 9.62. The van der Waals surface area contributed by atoms with Crippen LogP contribution >= 0.6 is 0 Å². The molecule has 1 aromatic rings. The monoisotopic (exact) mass is 325 g/mol. The summed E-state index contributed by atoms with van der Waals surface area (Å²) in [6.07, 6.45) is 9.52. The number of hydrogen-bond donors (Lipinski definition) is 0. The Bertz CT molecular complexity index is 565. The largest absolute Gasteiger partial charge is 0.300 e. The Hall–Kier alpha value is -1.41. The van der Waals surface area contributed by atoms with E-state index in [1.54, 1.807) is 6.92 Å². The molecule has 1 aliphatic heterocycles. The number of fused-ring (bicyclic) bond motifs is 1. The van der Waals surface area contributed by atoms with Crippen LogP contribution in [-0.2, 0) is 11.3 Å². The van der Waals surface area contributed by atoms with E-state index in [-0.39, 0.29) is 5.78 Å². The van der Waals surface area contributed by atoms with Crippen molar-refractivity contribution in [1.82, 2.24) is 4.90 Å². The molecular formula is C22H31NO. The van der Waals surface area contributed by atoms with E-state index < -0.39 is 0 Å². The summed E-state index contributed by atoms with van der Waals surface area (Å²) >= 11 is 0. The van der Waals surface area contributed by atoms with Gasteiger partial charge in [0, 0.05) is 25.0 Å². The molecule has 0 radical (unpaired) electrons. The molecule has 1 unspecified atom stereocenters. The Balaban J connectivity index is 1.77. The van der Waals surface area contributed by atoms with Crippen molar-refractivity contribution in [3.05, 3.63) is 48.0 Å². The molecule has 1 heterocycles. The van der Waals surface area contributed by atoms with Gasteiger partial charge in [-0.25, -0.2) is 0 Å². The first-order valence-corrected chi connectivity index (χ1v) is 9.62. The summed E-state index contributed by atoms with van der Waals surface area (Å²) in [5.41, 5.74) is 2.67. The van der Waals surface area contributed by atoms with E-state index in [9.17, 15) is 4.79 Å². The maximum absolute atomic E-state index is 11.4. The number of ketones is 1. The summed E-state index contributed by atoms with van der Waals surface area (Å²) < 4.78 is 0. The number of Topliss-reactive ketones (excluding diaryl/α,β-unsaturated/α-hetero) is 1. The van der Waals surface area contributed by atoms with Gasteiger partial charge in [-0.15, -0.1) is 0 Å². The van der Waals surface area contributed by atoms with Crippen LogP contribution in [0.1, 0.15) is 63.9 Å². The van der Waals surface area contributed by atoms with Crippen LogP contribution in [0.3, 0.4) is 0 Å². The van der Waals surface area contributed by atoms with Gasteiger partial charge in [-0.05, 0) is 50.5 Å². The highest BCUT2D eigenvalue weighted by Crippen LogP contribution is 2.40. The summed E-state index contributed by atoms with van der Waals surface area (Å²) in [6.45, 7) is 7.09. The lowest BCUT2D eigenvalue weighted by molar-refractivity contribution is -0.117. The molecule has 2 fully saturated rings. The Morgan fingerprint density at radius 2 is 1.83 bits per heavy atom. The van der Waals surface area contributed by atoms with E-state index >= 15 is 0 Å². The zero-order valence-electron chi connectivity index (χ0n) is 15.0. The number of hydrogen-bond acceptors (Lipinski definition) is 2. The molecular weight excluding hydrogens is 294 g/mol. The number of carbonyl (C=O) groups excluding carboxylic acids is 1. The number of piperidine rings is 1. The Morgan fingerprint density at radius 1 is 1.08 bits per heavy atom. The van der Waals surface area contributed by atoms with Crippen LogP contribution in [0.4, 0.5) is 0 Å². The van der Waals surface area contributed by atoms with Crippen LogP contribution in [0.2, 0.25) is 0 Å². The van der Waals surface area contributed by atoms with E-state index in [4.69, 9.17) is 0 Å². The van der Waals surface area contributed by atoms with Crippen LogP contribution in [0.5, 0.6) is 0 Å². The van der Waals surface area contributed by atoms with Crippen molar-refractivity contribution >= 4 is 5.78 Å². The summed E-state index contributed by atoms with van der Waals surface area (Å²) in [5, 5.41) is 0. The molecule has 2 nitrogen and oxygen atoms in total. The molecule has 2 aliphatic rings. The van der Waals surface area contributed by atoms with Gasteiger partial charge in [0.1, 0.15) is 5.78 Å². The van der Waals surface area contributed by atoms with E-state index in [2.05, 4.69) is 41.8 Å². The average molecular weight is 325 g/mol. The zero-order chi connectivity index (χ0) is 16.9. The smallest absolute Gasteiger partial charge is 0.130 e. The van der Waals surface area contributed by atoms with Crippen LogP contribution in [0, 0.1) is 5.92 Å². The number of rotatable bonds is 6. The second-order valence-corrected chi connectivity index (χ2v) is 7.72. The van der Waals surface area contributed by atoms with Gasteiger partial charge < -0.3 is 4.79 Å². The Kier molecular flexibility index (Phi) is 5.89. The quantitative estimate of drug-likeness (QED) is 0.675. The summed E-state index contributed by atoms with van der Waals surface area (Å²) in [4.78, 5) is 14.1. The first-order chi connectivity index (χ1) is 11.6. The predicted molar refractivity (Wildman–Crippen MR) is 99.8 cm³/mol. The van der Waals surface area contributed by atoms with Crippen LogP contribution in [-0.4, -0.2) is 22.8 Å². The van der Waals surface area contributed by atoms with Crippen LogP contribution < -0.4 is 0 Å². The molecule has 0 amide bonds.